The van der Waals surface area contributed by atoms with E-state index in [-0.39, 0.29) is 21.3 Å². The van der Waals surface area contributed by atoms with Crippen LogP contribution in [0.4, 0.5) is 0 Å². The monoisotopic (exact) mass is 509 g/mol. The molecule has 180 valence electrons. The number of sulfone groups is 1. The summed E-state index contributed by atoms with van der Waals surface area (Å²) in [5.41, 5.74) is 2.11. The Balaban J connectivity index is 1.33. The first-order valence-corrected chi connectivity index (χ1v) is 15.3. The molecule has 0 radical (unpaired) electrons. The Morgan fingerprint density at radius 1 is 0.848 bits per heavy atom. The van der Waals surface area contributed by atoms with E-state index < -0.39 is 19.9 Å². The van der Waals surface area contributed by atoms with Gasteiger partial charge in [-0.3, -0.25) is 0 Å². The largest absolute Gasteiger partial charge is 0.240 e. The van der Waals surface area contributed by atoms with Crippen molar-refractivity contribution in [1.29, 1.82) is 0 Å². The van der Waals surface area contributed by atoms with Gasteiger partial charge in [0.1, 0.15) is 0 Å². The Kier molecular flexibility index (Phi) is 7.53. The van der Waals surface area contributed by atoms with Gasteiger partial charge < -0.3 is 0 Å². The summed E-state index contributed by atoms with van der Waals surface area (Å²) in [5.74, 6) is 0.216. The molecule has 0 heterocycles. The Labute approximate surface area is 202 Å². The van der Waals surface area contributed by atoms with Gasteiger partial charge in [-0.2, -0.15) is 0 Å². The maximum atomic E-state index is 12.7. The third kappa shape index (κ3) is 6.18. The molecule has 2 aliphatic rings. The van der Waals surface area contributed by atoms with Crippen LogP contribution >= 0.6 is 11.6 Å². The average molecular weight is 510 g/mol. The molecule has 2 aromatic rings. The fraction of sp³-hybridized carbons (Fsp3) is 0.520. The second-order valence-corrected chi connectivity index (χ2v) is 14.3. The normalized spacial score (nSPS) is 18.8. The minimum Gasteiger partial charge on any atom is -0.229 e. The van der Waals surface area contributed by atoms with Gasteiger partial charge in [-0.15, -0.1) is 0 Å². The van der Waals surface area contributed by atoms with Crippen LogP contribution in [0.2, 0.25) is 5.02 Å². The van der Waals surface area contributed by atoms with Crippen LogP contribution in [0.25, 0.3) is 0 Å². The number of hydrogen-bond acceptors (Lipinski definition) is 4. The highest BCUT2D eigenvalue weighted by atomic mass is 35.5. The fourth-order valence-corrected chi connectivity index (χ4v) is 8.16. The Morgan fingerprint density at radius 2 is 1.45 bits per heavy atom. The SMILES string of the molecule is O=S(=O)(NCC1(Cc2ccc(CCS(=O)(=O)C3CCCC3)cc2)CCC1)c1ccc(Cl)cc1. The Bertz CT molecular complexity index is 1150. The zero-order chi connectivity index (χ0) is 23.5. The van der Waals surface area contributed by atoms with Crippen molar-refractivity contribution in [2.75, 3.05) is 12.3 Å². The van der Waals surface area contributed by atoms with Crippen molar-refractivity contribution >= 4 is 31.5 Å². The van der Waals surface area contributed by atoms with E-state index in [1.54, 1.807) is 12.1 Å². The molecule has 0 atom stereocenters. The lowest BCUT2D eigenvalue weighted by Crippen LogP contribution is -2.43. The van der Waals surface area contributed by atoms with E-state index in [2.05, 4.69) is 16.9 Å². The van der Waals surface area contributed by atoms with Crippen LogP contribution in [-0.4, -0.2) is 34.4 Å². The second kappa shape index (κ2) is 10.1. The van der Waals surface area contributed by atoms with Gasteiger partial charge in [-0.1, -0.05) is 55.1 Å². The van der Waals surface area contributed by atoms with E-state index in [0.717, 1.165) is 62.5 Å². The highest BCUT2D eigenvalue weighted by molar-refractivity contribution is 7.92. The molecule has 5 nitrogen and oxygen atoms in total. The van der Waals surface area contributed by atoms with Crippen LogP contribution in [-0.2, 0) is 32.7 Å². The van der Waals surface area contributed by atoms with Gasteiger partial charge in [0.15, 0.2) is 9.84 Å². The first kappa shape index (κ1) is 24.7. The molecule has 0 spiro atoms. The quantitative estimate of drug-likeness (QED) is 0.492. The summed E-state index contributed by atoms with van der Waals surface area (Å²) in [6.07, 6.45) is 8.08. The lowest BCUT2D eigenvalue weighted by molar-refractivity contribution is 0.139. The van der Waals surface area contributed by atoms with Gasteiger partial charge in [0, 0.05) is 11.6 Å². The molecular formula is C25H32ClNO4S2. The van der Waals surface area contributed by atoms with Crippen molar-refractivity contribution in [1.82, 2.24) is 4.72 Å². The topological polar surface area (TPSA) is 80.3 Å². The molecule has 8 heteroatoms. The van der Waals surface area contributed by atoms with E-state index >= 15 is 0 Å². The minimum atomic E-state index is -3.58. The number of sulfonamides is 1. The van der Waals surface area contributed by atoms with E-state index in [0.29, 0.717) is 18.0 Å². The van der Waals surface area contributed by atoms with Gasteiger partial charge in [-0.25, -0.2) is 21.6 Å². The maximum absolute atomic E-state index is 12.7. The lowest BCUT2D eigenvalue weighted by atomic mass is 9.65. The minimum absolute atomic E-state index is 0.0766. The third-order valence-corrected chi connectivity index (χ3v) is 11.2. The van der Waals surface area contributed by atoms with Gasteiger partial charge in [0.05, 0.1) is 15.9 Å². The standard InChI is InChI=1S/C25H32ClNO4S2/c26-22-10-12-24(13-11-22)33(30,31)27-19-25(15-3-16-25)18-21-8-6-20(7-9-21)14-17-32(28,29)23-4-1-2-5-23/h6-13,23,27H,1-5,14-19H2. The maximum Gasteiger partial charge on any atom is 0.240 e. The fourth-order valence-electron chi connectivity index (χ4n) is 4.97. The summed E-state index contributed by atoms with van der Waals surface area (Å²) in [5, 5.41) is 0.357. The van der Waals surface area contributed by atoms with Crippen molar-refractivity contribution in [3.05, 3.63) is 64.7 Å². The molecule has 2 aliphatic carbocycles. The van der Waals surface area contributed by atoms with Gasteiger partial charge >= 0.3 is 0 Å². The molecule has 2 aromatic carbocycles. The molecule has 0 amide bonds. The number of benzene rings is 2. The number of nitrogens with one attached hydrogen (secondary N) is 1. The predicted molar refractivity (Wildman–Crippen MR) is 133 cm³/mol. The molecule has 0 saturated heterocycles. The van der Waals surface area contributed by atoms with E-state index in [9.17, 15) is 16.8 Å². The lowest BCUT2D eigenvalue weighted by Gasteiger charge is -2.42. The van der Waals surface area contributed by atoms with Gasteiger partial charge in [-0.05, 0) is 79.3 Å². The van der Waals surface area contributed by atoms with Crippen molar-refractivity contribution in [3.8, 4) is 0 Å². The molecule has 0 bridgehead atoms. The van der Waals surface area contributed by atoms with E-state index in [1.165, 1.54) is 12.1 Å². The zero-order valence-electron chi connectivity index (χ0n) is 18.8. The van der Waals surface area contributed by atoms with Crippen molar-refractivity contribution in [3.63, 3.8) is 0 Å². The van der Waals surface area contributed by atoms with Crippen LogP contribution < -0.4 is 4.72 Å². The molecule has 0 aliphatic heterocycles. The number of rotatable bonds is 10. The second-order valence-electron chi connectivity index (χ2n) is 9.65. The Morgan fingerprint density at radius 3 is 2.03 bits per heavy atom. The summed E-state index contributed by atoms with van der Waals surface area (Å²) < 4.78 is 53.2. The summed E-state index contributed by atoms with van der Waals surface area (Å²) in [6.45, 7) is 0.402. The van der Waals surface area contributed by atoms with Crippen LogP contribution in [0.1, 0.15) is 56.1 Å². The molecule has 33 heavy (non-hydrogen) atoms. The number of halogens is 1. The third-order valence-electron chi connectivity index (χ3n) is 7.26. The molecular weight excluding hydrogens is 478 g/mol. The smallest absolute Gasteiger partial charge is 0.229 e. The van der Waals surface area contributed by atoms with Crippen LogP contribution in [0.5, 0.6) is 0 Å². The van der Waals surface area contributed by atoms with Crippen molar-refractivity contribution in [2.45, 2.75) is 67.9 Å². The number of aryl methyl sites for hydroxylation is 1. The molecule has 2 fully saturated rings. The Hall–Kier alpha value is -1.41. The molecule has 4 rings (SSSR count). The summed E-state index contributed by atoms with van der Waals surface area (Å²) in [7, 11) is -6.59. The molecule has 0 unspecified atom stereocenters. The van der Waals surface area contributed by atoms with Crippen molar-refractivity contribution in [2.24, 2.45) is 5.41 Å². The zero-order valence-corrected chi connectivity index (χ0v) is 21.2. The van der Waals surface area contributed by atoms with Crippen LogP contribution in [0.3, 0.4) is 0 Å². The summed E-state index contributed by atoms with van der Waals surface area (Å²) in [4.78, 5) is 0.221. The molecule has 1 N–H and O–H groups in total. The predicted octanol–water partition coefficient (Wildman–Crippen LogP) is 4.93. The number of hydrogen-bond donors (Lipinski definition) is 1. The summed E-state index contributed by atoms with van der Waals surface area (Å²) in [6, 6.07) is 14.4. The van der Waals surface area contributed by atoms with Gasteiger partial charge in [0.2, 0.25) is 10.0 Å². The van der Waals surface area contributed by atoms with Crippen LogP contribution in [0, 0.1) is 5.41 Å². The summed E-state index contributed by atoms with van der Waals surface area (Å²) >= 11 is 5.87. The van der Waals surface area contributed by atoms with Crippen molar-refractivity contribution < 1.29 is 16.8 Å². The average Bonchev–Trinajstić information content (AvgIpc) is 3.31. The van der Waals surface area contributed by atoms with E-state index in [1.807, 2.05) is 12.1 Å². The highest BCUT2D eigenvalue weighted by Crippen LogP contribution is 2.43. The first-order valence-electron chi connectivity index (χ1n) is 11.7. The first-order chi connectivity index (χ1) is 15.7. The highest BCUT2D eigenvalue weighted by Gasteiger charge is 2.38. The molecule has 2 saturated carbocycles. The van der Waals surface area contributed by atoms with Crippen LogP contribution in [0.15, 0.2) is 53.4 Å². The molecule has 0 aromatic heterocycles. The van der Waals surface area contributed by atoms with E-state index in [4.69, 9.17) is 11.6 Å². The van der Waals surface area contributed by atoms with Gasteiger partial charge in [0.25, 0.3) is 0 Å².